The lowest BCUT2D eigenvalue weighted by Crippen LogP contribution is -2.17. The molecule has 0 aliphatic rings. The van der Waals surface area contributed by atoms with Crippen LogP contribution in [0.2, 0.25) is 10.0 Å². The van der Waals surface area contributed by atoms with Crippen molar-refractivity contribution in [3.05, 3.63) is 80.0 Å². The molecule has 0 saturated heterocycles. The van der Waals surface area contributed by atoms with Gasteiger partial charge in [0.1, 0.15) is 10.6 Å². The number of esters is 1. The zero-order valence-electron chi connectivity index (χ0n) is 14.1. The average molecular weight is 435 g/mol. The van der Waals surface area contributed by atoms with Crippen LogP contribution in [0.3, 0.4) is 0 Å². The Hall–Kier alpha value is -2.87. The molecular formula is C19H12Cl2N2O4S. The third-order valence-corrected chi connectivity index (χ3v) is 4.90. The molecule has 142 valence electrons. The van der Waals surface area contributed by atoms with Gasteiger partial charge in [0.05, 0.1) is 16.3 Å². The summed E-state index contributed by atoms with van der Waals surface area (Å²) in [5.74, 6) is -0.854. The Bertz CT molecular complexity index is 1010. The standard InChI is InChI=1S/C19H12Cl2N2O4S/c20-14-8-12(9-15(21)17(14)24)18(25)23-22-10-11-3-5-13(6-4-11)27-19(26)16-2-1-7-28-16/h1-10,24H,(H,23,25)/b22-10-. The molecule has 3 rings (SSSR count). The van der Waals surface area contributed by atoms with Gasteiger partial charge in [0, 0.05) is 5.56 Å². The molecule has 9 heteroatoms. The van der Waals surface area contributed by atoms with Gasteiger partial charge in [-0.05, 0) is 53.4 Å². The number of halogens is 2. The molecule has 0 saturated carbocycles. The number of nitrogens with zero attached hydrogens (tertiary/aromatic N) is 1. The predicted octanol–water partition coefficient (Wildman–Crippen LogP) is 4.74. The predicted molar refractivity (Wildman–Crippen MR) is 109 cm³/mol. The van der Waals surface area contributed by atoms with Gasteiger partial charge in [-0.2, -0.15) is 5.10 Å². The zero-order chi connectivity index (χ0) is 20.1. The summed E-state index contributed by atoms with van der Waals surface area (Å²) in [5, 5.41) is 15.1. The van der Waals surface area contributed by atoms with Gasteiger partial charge in [0.25, 0.3) is 5.91 Å². The van der Waals surface area contributed by atoms with Gasteiger partial charge in [-0.3, -0.25) is 4.79 Å². The third kappa shape index (κ3) is 4.89. The van der Waals surface area contributed by atoms with E-state index in [1.807, 2.05) is 0 Å². The van der Waals surface area contributed by atoms with E-state index in [1.54, 1.807) is 41.8 Å². The number of aromatic hydroxyl groups is 1. The number of benzene rings is 2. The van der Waals surface area contributed by atoms with Gasteiger partial charge in [-0.15, -0.1) is 11.3 Å². The minimum atomic E-state index is -0.540. The normalized spacial score (nSPS) is 10.8. The van der Waals surface area contributed by atoms with Crippen LogP contribution in [0.15, 0.2) is 59.0 Å². The van der Waals surface area contributed by atoms with Crippen molar-refractivity contribution in [3.8, 4) is 11.5 Å². The van der Waals surface area contributed by atoms with Crippen molar-refractivity contribution in [1.29, 1.82) is 0 Å². The minimum Gasteiger partial charge on any atom is -0.505 e. The van der Waals surface area contributed by atoms with E-state index in [1.165, 1.54) is 29.7 Å². The molecule has 28 heavy (non-hydrogen) atoms. The van der Waals surface area contributed by atoms with E-state index < -0.39 is 11.9 Å². The fourth-order valence-electron chi connectivity index (χ4n) is 2.10. The topological polar surface area (TPSA) is 88.0 Å². The summed E-state index contributed by atoms with van der Waals surface area (Å²) in [7, 11) is 0. The Morgan fingerprint density at radius 3 is 2.39 bits per heavy atom. The van der Waals surface area contributed by atoms with E-state index in [9.17, 15) is 14.7 Å². The Labute approximate surface area is 174 Å². The molecule has 0 fully saturated rings. The molecule has 3 aromatic rings. The Balaban J connectivity index is 1.58. The highest BCUT2D eigenvalue weighted by atomic mass is 35.5. The Morgan fingerprint density at radius 1 is 1.11 bits per heavy atom. The molecule has 0 radical (unpaired) electrons. The molecular weight excluding hydrogens is 423 g/mol. The number of hydrogen-bond acceptors (Lipinski definition) is 6. The molecule has 0 spiro atoms. The van der Waals surface area contributed by atoms with E-state index in [-0.39, 0.29) is 21.4 Å². The van der Waals surface area contributed by atoms with E-state index >= 15 is 0 Å². The molecule has 2 N–H and O–H groups in total. The highest BCUT2D eigenvalue weighted by Gasteiger charge is 2.12. The van der Waals surface area contributed by atoms with Gasteiger partial charge in [0.2, 0.25) is 0 Å². The lowest BCUT2D eigenvalue weighted by molar-refractivity contribution is 0.0739. The van der Waals surface area contributed by atoms with Crippen molar-refractivity contribution >= 4 is 52.6 Å². The summed E-state index contributed by atoms with van der Waals surface area (Å²) < 4.78 is 5.26. The van der Waals surface area contributed by atoms with Crippen LogP contribution in [0.4, 0.5) is 0 Å². The molecule has 1 amide bonds. The molecule has 0 unspecified atom stereocenters. The number of carbonyl (C=O) groups is 2. The summed E-state index contributed by atoms with van der Waals surface area (Å²) >= 11 is 12.9. The second-order valence-electron chi connectivity index (χ2n) is 5.42. The van der Waals surface area contributed by atoms with E-state index in [0.29, 0.717) is 16.2 Å². The Kier molecular flexibility index (Phi) is 6.30. The molecule has 0 bridgehead atoms. The van der Waals surface area contributed by atoms with E-state index in [2.05, 4.69) is 10.5 Å². The van der Waals surface area contributed by atoms with Crippen LogP contribution in [-0.4, -0.2) is 23.2 Å². The van der Waals surface area contributed by atoms with Crippen molar-refractivity contribution in [2.24, 2.45) is 5.10 Å². The first-order valence-electron chi connectivity index (χ1n) is 7.81. The highest BCUT2D eigenvalue weighted by Crippen LogP contribution is 2.32. The number of hydrazone groups is 1. The summed E-state index contributed by atoms with van der Waals surface area (Å²) in [5.41, 5.74) is 3.17. The smallest absolute Gasteiger partial charge is 0.353 e. The molecule has 1 aromatic heterocycles. The molecule has 0 aliphatic heterocycles. The summed E-state index contributed by atoms with van der Waals surface area (Å²) in [4.78, 5) is 24.5. The van der Waals surface area contributed by atoms with Crippen LogP contribution < -0.4 is 10.2 Å². The van der Waals surface area contributed by atoms with Crippen LogP contribution in [0.1, 0.15) is 25.6 Å². The largest absolute Gasteiger partial charge is 0.505 e. The van der Waals surface area contributed by atoms with Gasteiger partial charge in [0.15, 0.2) is 5.75 Å². The van der Waals surface area contributed by atoms with E-state index in [4.69, 9.17) is 27.9 Å². The SMILES string of the molecule is O=C(N/N=C\c1ccc(OC(=O)c2cccs2)cc1)c1cc(Cl)c(O)c(Cl)c1. The fraction of sp³-hybridized carbons (Fsp3) is 0. The van der Waals surface area contributed by atoms with Crippen molar-refractivity contribution in [1.82, 2.24) is 5.43 Å². The first-order chi connectivity index (χ1) is 13.4. The van der Waals surface area contributed by atoms with Crippen LogP contribution in [-0.2, 0) is 0 Å². The maximum Gasteiger partial charge on any atom is 0.353 e. The summed E-state index contributed by atoms with van der Waals surface area (Å²) in [6.07, 6.45) is 1.42. The lowest BCUT2D eigenvalue weighted by atomic mass is 10.2. The number of phenolic OH excluding ortho intramolecular Hbond substituents is 1. The van der Waals surface area contributed by atoms with Gasteiger partial charge in [-0.1, -0.05) is 29.3 Å². The zero-order valence-corrected chi connectivity index (χ0v) is 16.4. The van der Waals surface area contributed by atoms with Crippen molar-refractivity contribution < 1.29 is 19.4 Å². The average Bonchev–Trinajstić information content (AvgIpc) is 3.22. The van der Waals surface area contributed by atoms with Crippen molar-refractivity contribution in [2.45, 2.75) is 0 Å². The summed E-state index contributed by atoms with van der Waals surface area (Å²) in [6.45, 7) is 0. The van der Waals surface area contributed by atoms with Gasteiger partial charge >= 0.3 is 5.97 Å². The summed E-state index contributed by atoms with van der Waals surface area (Å²) in [6, 6.07) is 12.6. The van der Waals surface area contributed by atoms with Crippen LogP contribution >= 0.6 is 34.5 Å². The third-order valence-electron chi connectivity index (χ3n) is 3.47. The highest BCUT2D eigenvalue weighted by molar-refractivity contribution is 7.12. The van der Waals surface area contributed by atoms with Crippen molar-refractivity contribution in [2.75, 3.05) is 0 Å². The molecule has 6 nitrogen and oxygen atoms in total. The molecule has 0 atom stereocenters. The number of phenols is 1. The van der Waals surface area contributed by atoms with Crippen LogP contribution in [0, 0.1) is 0 Å². The van der Waals surface area contributed by atoms with Crippen molar-refractivity contribution in [3.63, 3.8) is 0 Å². The Morgan fingerprint density at radius 2 is 1.79 bits per heavy atom. The molecule has 1 heterocycles. The number of carbonyl (C=O) groups excluding carboxylic acids is 2. The fourth-order valence-corrected chi connectivity index (χ4v) is 3.19. The lowest BCUT2D eigenvalue weighted by Gasteiger charge is -2.04. The van der Waals surface area contributed by atoms with Gasteiger partial charge in [-0.25, -0.2) is 10.2 Å². The number of amides is 1. The number of nitrogens with one attached hydrogen (secondary N) is 1. The maximum absolute atomic E-state index is 12.1. The monoisotopic (exact) mass is 434 g/mol. The second kappa shape index (κ2) is 8.88. The number of ether oxygens (including phenoxy) is 1. The van der Waals surface area contributed by atoms with E-state index in [0.717, 1.165) is 0 Å². The quantitative estimate of drug-likeness (QED) is 0.262. The first kappa shape index (κ1) is 19.9. The first-order valence-corrected chi connectivity index (χ1v) is 9.45. The molecule has 0 aliphatic carbocycles. The number of thiophene rings is 1. The number of hydrogen-bond donors (Lipinski definition) is 2. The minimum absolute atomic E-state index is 0.0330. The van der Waals surface area contributed by atoms with Gasteiger partial charge < -0.3 is 9.84 Å². The number of rotatable bonds is 5. The van der Waals surface area contributed by atoms with Crippen LogP contribution in [0.25, 0.3) is 0 Å². The maximum atomic E-state index is 12.1. The molecule has 2 aromatic carbocycles. The second-order valence-corrected chi connectivity index (χ2v) is 7.19. The van der Waals surface area contributed by atoms with Crippen LogP contribution in [0.5, 0.6) is 11.5 Å².